The van der Waals surface area contributed by atoms with Crippen molar-refractivity contribution in [3.63, 3.8) is 0 Å². The summed E-state index contributed by atoms with van der Waals surface area (Å²) in [4.78, 5) is 14.7. The maximum Gasteiger partial charge on any atom is 0.348 e. The number of rotatable bonds is 6. The Kier molecular flexibility index (Phi) is 9.66. The maximum absolute atomic E-state index is 10.7. The van der Waals surface area contributed by atoms with Gasteiger partial charge in [0.15, 0.2) is 0 Å². The number of benzene rings is 1. The van der Waals surface area contributed by atoms with Crippen LogP contribution >= 0.6 is 0 Å². The number of hydrogen-bond acceptors (Lipinski definition) is 4. The molecule has 1 aromatic rings. The highest BCUT2D eigenvalue weighted by Gasteiger charge is 1.96. The molecule has 0 saturated carbocycles. The first-order valence-electron chi connectivity index (χ1n) is 7.60. The van der Waals surface area contributed by atoms with Gasteiger partial charge < -0.3 is 9.57 Å². The Bertz CT molecular complexity index is 460. The van der Waals surface area contributed by atoms with Crippen LogP contribution in [-0.4, -0.2) is 19.2 Å². The lowest BCUT2D eigenvalue weighted by atomic mass is 10.0. The molecule has 120 valence electrons. The quantitative estimate of drug-likeness (QED) is 0.645. The highest BCUT2D eigenvalue weighted by molar-refractivity contribution is 5.81. The minimum atomic E-state index is -0.512. The monoisotopic (exact) mass is 303 g/mol. The summed E-state index contributed by atoms with van der Waals surface area (Å²) in [5, 5.41) is 0. The molecule has 1 heterocycles. The van der Waals surface area contributed by atoms with E-state index >= 15 is 0 Å². The minimum absolute atomic E-state index is 0.462. The van der Waals surface area contributed by atoms with Crippen molar-refractivity contribution in [3.05, 3.63) is 54.1 Å². The number of nitrogens with two attached hydrogens (primary N) is 1. The van der Waals surface area contributed by atoms with Crippen LogP contribution in [0.4, 0.5) is 0 Å². The Morgan fingerprint density at radius 1 is 1.36 bits per heavy atom. The molecular weight excluding hydrogens is 278 g/mol. The molecule has 2 N–H and O–H groups in total. The number of carbonyl (C=O) groups excluding carboxylic acids is 1. The van der Waals surface area contributed by atoms with Gasteiger partial charge in [-0.1, -0.05) is 55.5 Å². The zero-order valence-corrected chi connectivity index (χ0v) is 13.1. The third-order valence-corrected chi connectivity index (χ3v) is 3.15. The van der Waals surface area contributed by atoms with Crippen LogP contribution in [0.2, 0.25) is 0 Å². The smallest absolute Gasteiger partial charge is 0.348 e. The molecule has 0 aliphatic carbocycles. The summed E-state index contributed by atoms with van der Waals surface area (Å²) >= 11 is 0. The largest absolute Gasteiger partial charge is 0.381 e. The van der Waals surface area contributed by atoms with Crippen molar-refractivity contribution in [3.8, 4) is 0 Å². The van der Waals surface area contributed by atoms with E-state index in [0.717, 1.165) is 26.1 Å². The lowest BCUT2D eigenvalue weighted by Crippen LogP contribution is -2.09. The summed E-state index contributed by atoms with van der Waals surface area (Å²) in [6, 6.07) is 10.2. The van der Waals surface area contributed by atoms with Crippen molar-refractivity contribution in [1.29, 1.82) is 0 Å². The molecule has 0 unspecified atom stereocenters. The predicted molar refractivity (Wildman–Crippen MR) is 88.7 cm³/mol. The van der Waals surface area contributed by atoms with Gasteiger partial charge in [0.25, 0.3) is 0 Å². The second kappa shape index (κ2) is 11.7. The van der Waals surface area contributed by atoms with Gasteiger partial charge in [-0.2, -0.15) is 5.90 Å². The van der Waals surface area contributed by atoms with Crippen LogP contribution in [-0.2, 0) is 14.4 Å². The minimum Gasteiger partial charge on any atom is -0.381 e. The lowest BCUT2D eigenvalue weighted by molar-refractivity contribution is -0.138. The van der Waals surface area contributed by atoms with Crippen molar-refractivity contribution in [2.24, 2.45) is 11.8 Å². The third kappa shape index (κ3) is 9.10. The summed E-state index contributed by atoms with van der Waals surface area (Å²) in [5.41, 5.74) is 1.20. The van der Waals surface area contributed by atoms with Crippen molar-refractivity contribution >= 4 is 12.0 Å². The number of carbonyl (C=O) groups is 1. The SMILES string of the molecule is C1COC1.C[C@H](/C=C/c1ccccc1)CC/C=C/C(=O)ON. The van der Waals surface area contributed by atoms with E-state index in [9.17, 15) is 4.79 Å². The van der Waals surface area contributed by atoms with Crippen molar-refractivity contribution in [2.45, 2.75) is 26.2 Å². The number of allylic oxidation sites excluding steroid dienone is 2. The third-order valence-electron chi connectivity index (χ3n) is 3.15. The van der Waals surface area contributed by atoms with Crippen LogP contribution in [0.1, 0.15) is 31.7 Å². The number of hydrogen-bond donors (Lipinski definition) is 1. The van der Waals surface area contributed by atoms with Crippen LogP contribution in [0.5, 0.6) is 0 Å². The van der Waals surface area contributed by atoms with Crippen molar-refractivity contribution in [1.82, 2.24) is 0 Å². The average Bonchev–Trinajstić information content (AvgIpc) is 2.48. The van der Waals surface area contributed by atoms with Crippen LogP contribution in [0.15, 0.2) is 48.6 Å². The second-order valence-corrected chi connectivity index (χ2v) is 5.13. The van der Waals surface area contributed by atoms with Gasteiger partial charge in [0.05, 0.1) is 0 Å². The Morgan fingerprint density at radius 3 is 2.55 bits per heavy atom. The van der Waals surface area contributed by atoms with Crippen LogP contribution in [0.3, 0.4) is 0 Å². The molecule has 0 bridgehead atoms. The standard InChI is InChI=1S/C15H19NO2.C3H6O/c1-13(7-5-6-10-15(17)18-16)11-12-14-8-3-2-4-9-14;1-2-4-3-1/h2-4,6,8-13H,5,7,16H2,1H3;1-3H2/b10-6+,12-11+;/t13-;/m0./s1. The zero-order chi connectivity index (χ0) is 16.0. The van der Waals surface area contributed by atoms with Gasteiger partial charge in [0.1, 0.15) is 0 Å². The Labute approximate surface area is 132 Å². The summed E-state index contributed by atoms with van der Waals surface area (Å²) in [6.07, 6.45) is 10.5. The fraction of sp³-hybridized carbons (Fsp3) is 0.389. The molecular formula is C18H25NO3. The van der Waals surface area contributed by atoms with Gasteiger partial charge in [0.2, 0.25) is 0 Å². The van der Waals surface area contributed by atoms with Crippen LogP contribution in [0, 0.1) is 5.92 Å². The fourth-order valence-electron chi connectivity index (χ4n) is 1.66. The van der Waals surface area contributed by atoms with Gasteiger partial charge >= 0.3 is 5.97 Å². The maximum atomic E-state index is 10.7. The topological polar surface area (TPSA) is 61.5 Å². The van der Waals surface area contributed by atoms with Crippen molar-refractivity contribution in [2.75, 3.05) is 13.2 Å². The van der Waals surface area contributed by atoms with E-state index in [-0.39, 0.29) is 0 Å². The Balaban J connectivity index is 0.000000519. The first kappa shape index (κ1) is 18.1. The first-order valence-corrected chi connectivity index (χ1v) is 7.60. The second-order valence-electron chi connectivity index (χ2n) is 5.13. The fourth-order valence-corrected chi connectivity index (χ4v) is 1.66. The Hall–Kier alpha value is -1.91. The molecule has 1 aliphatic rings. The normalized spacial score (nSPS) is 15.0. The molecule has 1 aromatic carbocycles. The number of ether oxygens (including phenoxy) is 1. The summed E-state index contributed by atoms with van der Waals surface area (Å²) in [7, 11) is 0. The van der Waals surface area contributed by atoms with E-state index in [2.05, 4.69) is 36.0 Å². The van der Waals surface area contributed by atoms with Crippen molar-refractivity contribution < 1.29 is 14.4 Å². The molecule has 0 aromatic heterocycles. The van der Waals surface area contributed by atoms with Gasteiger partial charge in [-0.25, -0.2) is 4.79 Å². The van der Waals surface area contributed by atoms with E-state index < -0.39 is 5.97 Å². The summed E-state index contributed by atoms with van der Waals surface area (Å²) in [6.45, 7) is 4.15. The van der Waals surface area contributed by atoms with E-state index in [1.165, 1.54) is 18.1 Å². The molecule has 2 rings (SSSR count). The van der Waals surface area contributed by atoms with Gasteiger partial charge in [0, 0.05) is 19.3 Å². The van der Waals surface area contributed by atoms with Gasteiger partial charge in [-0.15, -0.1) is 0 Å². The molecule has 0 amide bonds. The Morgan fingerprint density at radius 2 is 2.00 bits per heavy atom. The first-order chi connectivity index (χ1) is 10.7. The van der Waals surface area contributed by atoms with E-state index in [0.29, 0.717) is 5.92 Å². The zero-order valence-electron chi connectivity index (χ0n) is 13.1. The molecule has 0 spiro atoms. The van der Waals surface area contributed by atoms with Crippen LogP contribution in [0.25, 0.3) is 6.08 Å². The van der Waals surface area contributed by atoms with Gasteiger partial charge in [-0.05, 0) is 30.7 Å². The molecule has 1 fully saturated rings. The molecule has 1 atom stereocenters. The molecule has 4 nitrogen and oxygen atoms in total. The summed E-state index contributed by atoms with van der Waals surface area (Å²) in [5.74, 6) is 4.66. The lowest BCUT2D eigenvalue weighted by Gasteiger charge is -2.09. The molecule has 1 aliphatic heterocycles. The molecule has 22 heavy (non-hydrogen) atoms. The van der Waals surface area contributed by atoms with E-state index in [1.807, 2.05) is 18.2 Å². The van der Waals surface area contributed by atoms with E-state index in [4.69, 9.17) is 10.6 Å². The van der Waals surface area contributed by atoms with E-state index in [1.54, 1.807) is 6.08 Å². The van der Waals surface area contributed by atoms with Crippen LogP contribution < -0.4 is 5.90 Å². The summed E-state index contributed by atoms with van der Waals surface area (Å²) < 4.78 is 4.72. The highest BCUT2D eigenvalue weighted by atomic mass is 16.7. The average molecular weight is 303 g/mol. The molecule has 0 radical (unpaired) electrons. The predicted octanol–water partition coefficient (Wildman–Crippen LogP) is 3.50. The highest BCUT2D eigenvalue weighted by Crippen LogP contribution is 2.11. The molecule has 1 saturated heterocycles. The van der Waals surface area contributed by atoms with Gasteiger partial charge in [-0.3, -0.25) is 0 Å². The molecule has 4 heteroatoms.